The molecule has 3 rings (SSSR count). The van der Waals surface area contributed by atoms with E-state index in [0.29, 0.717) is 17.3 Å². The number of benzene rings is 1. The largest absolute Gasteiger partial charge is 0.368 e. The number of hydrogen-bond acceptors (Lipinski definition) is 6. The molecule has 1 aromatic heterocycles. The van der Waals surface area contributed by atoms with E-state index < -0.39 is 0 Å². The highest BCUT2D eigenvalue weighted by molar-refractivity contribution is 5.94. The van der Waals surface area contributed by atoms with Crippen LogP contribution in [0.15, 0.2) is 42.1 Å². The number of rotatable bonds is 7. The van der Waals surface area contributed by atoms with Crippen LogP contribution in [0, 0.1) is 0 Å². The van der Waals surface area contributed by atoms with Crippen LogP contribution in [0.1, 0.15) is 49.4 Å². The molecule has 0 atom stereocenters. The fourth-order valence-electron chi connectivity index (χ4n) is 2.84. The molecule has 1 heterocycles. The number of aromatic nitrogens is 3. The summed E-state index contributed by atoms with van der Waals surface area (Å²) in [5.41, 5.74) is 3.03. The van der Waals surface area contributed by atoms with Crippen molar-refractivity contribution in [2.24, 2.45) is 0 Å². The second-order valence-electron chi connectivity index (χ2n) is 6.21. The quantitative estimate of drug-likeness (QED) is 0.584. The second-order valence-corrected chi connectivity index (χ2v) is 6.21. The minimum absolute atomic E-state index is 0.0451. The zero-order valence-electron chi connectivity index (χ0n) is 14.5. The Morgan fingerprint density at radius 3 is 2.76 bits per heavy atom. The van der Waals surface area contributed by atoms with Gasteiger partial charge in [0.15, 0.2) is 11.6 Å². The van der Waals surface area contributed by atoms with Crippen LogP contribution in [0.4, 0.5) is 17.5 Å². The van der Waals surface area contributed by atoms with E-state index in [9.17, 15) is 4.79 Å². The highest BCUT2D eigenvalue weighted by Crippen LogP contribution is 2.20. The lowest BCUT2D eigenvalue weighted by Crippen LogP contribution is -2.08. The predicted molar refractivity (Wildman–Crippen MR) is 99.2 cm³/mol. The Morgan fingerprint density at radius 1 is 1.20 bits per heavy atom. The third kappa shape index (κ3) is 5.11. The summed E-state index contributed by atoms with van der Waals surface area (Å²) in [5.74, 6) is 1.18. The third-order valence-corrected chi connectivity index (χ3v) is 4.24. The maximum Gasteiger partial charge on any atom is 0.249 e. The van der Waals surface area contributed by atoms with E-state index in [2.05, 4.69) is 31.9 Å². The normalized spacial score (nSPS) is 13.9. The van der Waals surface area contributed by atoms with Crippen LogP contribution in [0.5, 0.6) is 0 Å². The zero-order chi connectivity index (χ0) is 17.5. The molecule has 1 aliphatic carbocycles. The van der Waals surface area contributed by atoms with Gasteiger partial charge in [0.2, 0.25) is 5.95 Å². The number of Topliss-reactive ketones (excluding diaryl/α,β-unsaturated/α-hetero) is 1. The Bertz CT molecular complexity index is 755. The molecule has 0 aliphatic heterocycles. The van der Waals surface area contributed by atoms with Gasteiger partial charge in [-0.3, -0.25) is 4.79 Å². The summed E-state index contributed by atoms with van der Waals surface area (Å²) in [4.78, 5) is 15.7. The SMILES string of the molecule is CC(=O)c1ccc(Nc2nncc(NCCC3=CCCCC3)n2)cc1. The van der Waals surface area contributed by atoms with E-state index in [-0.39, 0.29) is 5.78 Å². The molecule has 0 saturated heterocycles. The van der Waals surface area contributed by atoms with Crippen molar-refractivity contribution >= 4 is 23.2 Å². The number of carbonyl (C=O) groups is 1. The first-order chi connectivity index (χ1) is 12.2. The molecule has 2 N–H and O–H groups in total. The fraction of sp³-hybridized carbons (Fsp3) is 0.368. The third-order valence-electron chi connectivity index (χ3n) is 4.24. The lowest BCUT2D eigenvalue weighted by molar-refractivity contribution is 0.101. The van der Waals surface area contributed by atoms with Crippen molar-refractivity contribution in [2.75, 3.05) is 17.2 Å². The highest BCUT2D eigenvalue weighted by atomic mass is 16.1. The molecule has 1 aliphatic rings. The van der Waals surface area contributed by atoms with E-state index in [1.807, 2.05) is 12.1 Å². The van der Waals surface area contributed by atoms with E-state index >= 15 is 0 Å². The molecule has 6 heteroatoms. The highest BCUT2D eigenvalue weighted by Gasteiger charge is 2.05. The van der Waals surface area contributed by atoms with Crippen molar-refractivity contribution in [1.29, 1.82) is 0 Å². The van der Waals surface area contributed by atoms with Gasteiger partial charge in [-0.15, -0.1) is 5.10 Å². The van der Waals surface area contributed by atoms with Gasteiger partial charge in [0.05, 0.1) is 6.20 Å². The molecule has 6 nitrogen and oxygen atoms in total. The Labute approximate surface area is 147 Å². The van der Waals surface area contributed by atoms with E-state index in [1.165, 1.54) is 31.3 Å². The number of anilines is 3. The molecular weight excluding hydrogens is 314 g/mol. The van der Waals surface area contributed by atoms with Gasteiger partial charge in [-0.1, -0.05) is 11.6 Å². The van der Waals surface area contributed by atoms with Crippen molar-refractivity contribution in [3.05, 3.63) is 47.7 Å². The van der Waals surface area contributed by atoms with Crippen molar-refractivity contribution in [1.82, 2.24) is 15.2 Å². The summed E-state index contributed by atoms with van der Waals surface area (Å²) < 4.78 is 0. The molecule has 0 saturated carbocycles. The van der Waals surface area contributed by atoms with Gasteiger partial charge >= 0.3 is 0 Å². The molecule has 130 valence electrons. The molecule has 0 bridgehead atoms. The smallest absolute Gasteiger partial charge is 0.249 e. The minimum Gasteiger partial charge on any atom is -0.368 e. The van der Waals surface area contributed by atoms with Gasteiger partial charge in [-0.25, -0.2) is 0 Å². The van der Waals surface area contributed by atoms with Crippen molar-refractivity contribution in [3.63, 3.8) is 0 Å². The predicted octanol–water partition coefficient (Wildman–Crippen LogP) is 4.12. The molecule has 2 aromatic rings. The number of allylic oxidation sites excluding steroid dienone is 1. The molecule has 0 amide bonds. The van der Waals surface area contributed by atoms with Gasteiger partial charge in [0.1, 0.15) is 0 Å². The standard InChI is InChI=1S/C19H23N5O/c1-14(25)16-7-9-17(10-8-16)22-19-23-18(13-21-24-19)20-12-11-15-5-3-2-4-6-15/h5,7-10,13H,2-4,6,11-12H2,1H3,(H2,20,22,23,24). The minimum atomic E-state index is 0.0451. The fourth-order valence-corrected chi connectivity index (χ4v) is 2.84. The summed E-state index contributed by atoms with van der Waals surface area (Å²) >= 11 is 0. The van der Waals surface area contributed by atoms with E-state index in [0.717, 1.165) is 18.7 Å². The first-order valence-corrected chi connectivity index (χ1v) is 8.70. The summed E-state index contributed by atoms with van der Waals surface area (Å²) in [6.45, 7) is 2.39. The average Bonchev–Trinajstić information content (AvgIpc) is 2.63. The molecule has 0 radical (unpaired) electrons. The van der Waals surface area contributed by atoms with Crippen molar-refractivity contribution in [3.8, 4) is 0 Å². The van der Waals surface area contributed by atoms with Crippen LogP contribution in [0.2, 0.25) is 0 Å². The van der Waals surface area contributed by atoms with Crippen LogP contribution in [0.25, 0.3) is 0 Å². The van der Waals surface area contributed by atoms with Crippen LogP contribution in [-0.2, 0) is 0 Å². The molecular formula is C19H23N5O. The summed E-state index contributed by atoms with van der Waals surface area (Å²) in [5, 5.41) is 14.4. The molecule has 1 aromatic carbocycles. The Balaban J connectivity index is 1.55. The van der Waals surface area contributed by atoms with Gasteiger partial charge in [0.25, 0.3) is 0 Å². The molecule has 0 spiro atoms. The van der Waals surface area contributed by atoms with E-state index in [4.69, 9.17) is 0 Å². The van der Waals surface area contributed by atoms with Crippen molar-refractivity contribution in [2.45, 2.75) is 39.0 Å². The summed E-state index contributed by atoms with van der Waals surface area (Å²) in [6, 6.07) is 7.21. The van der Waals surface area contributed by atoms with Gasteiger partial charge < -0.3 is 10.6 Å². The van der Waals surface area contributed by atoms with Gasteiger partial charge in [-0.05, 0) is 63.3 Å². The van der Waals surface area contributed by atoms with Crippen LogP contribution in [-0.4, -0.2) is 27.5 Å². The lowest BCUT2D eigenvalue weighted by atomic mass is 9.97. The topological polar surface area (TPSA) is 79.8 Å². The van der Waals surface area contributed by atoms with Crippen LogP contribution >= 0.6 is 0 Å². The Kier molecular flexibility index (Phi) is 5.72. The second kappa shape index (κ2) is 8.37. The number of carbonyl (C=O) groups excluding carboxylic acids is 1. The number of nitrogens with one attached hydrogen (secondary N) is 2. The number of ketones is 1. The van der Waals surface area contributed by atoms with E-state index in [1.54, 1.807) is 25.3 Å². The Hall–Kier alpha value is -2.76. The van der Waals surface area contributed by atoms with Crippen molar-refractivity contribution < 1.29 is 4.79 Å². The average molecular weight is 337 g/mol. The first-order valence-electron chi connectivity index (χ1n) is 8.70. The number of hydrogen-bond donors (Lipinski definition) is 2. The van der Waals surface area contributed by atoms with Gasteiger partial charge in [-0.2, -0.15) is 10.1 Å². The Morgan fingerprint density at radius 2 is 2.04 bits per heavy atom. The summed E-state index contributed by atoms with van der Waals surface area (Å²) in [6.07, 6.45) is 10.1. The number of nitrogens with zero attached hydrogens (tertiary/aromatic N) is 3. The summed E-state index contributed by atoms with van der Waals surface area (Å²) in [7, 11) is 0. The molecule has 0 unspecified atom stereocenters. The lowest BCUT2D eigenvalue weighted by Gasteiger charge is -2.13. The maximum absolute atomic E-state index is 11.3. The zero-order valence-corrected chi connectivity index (χ0v) is 14.5. The van der Waals surface area contributed by atoms with Gasteiger partial charge in [0, 0.05) is 17.8 Å². The monoisotopic (exact) mass is 337 g/mol. The van der Waals surface area contributed by atoms with Crippen LogP contribution in [0.3, 0.4) is 0 Å². The maximum atomic E-state index is 11.3. The molecule has 0 fully saturated rings. The van der Waals surface area contributed by atoms with Crippen LogP contribution < -0.4 is 10.6 Å². The molecule has 25 heavy (non-hydrogen) atoms. The first kappa shape index (κ1) is 17.1.